The fourth-order valence-corrected chi connectivity index (χ4v) is 2.60. The van der Waals surface area contributed by atoms with Gasteiger partial charge in [0.15, 0.2) is 0 Å². The highest BCUT2D eigenvalue weighted by Crippen LogP contribution is 2.36. The highest BCUT2D eigenvalue weighted by molar-refractivity contribution is 5.67. The molecule has 5 nitrogen and oxygen atoms in total. The zero-order chi connectivity index (χ0) is 21.4. The SMILES string of the molecule is Cc1c(COc2cc(O)c(-c3cc(C(F)(F)F)c[nH]3)cn2)ccnc1C(F)(F)F. The number of rotatable bonds is 4. The summed E-state index contributed by atoms with van der Waals surface area (Å²) in [6.45, 7) is 0.982. The van der Waals surface area contributed by atoms with Crippen molar-refractivity contribution >= 4 is 0 Å². The molecule has 0 aliphatic rings. The number of nitrogens with one attached hydrogen (secondary N) is 1. The molecule has 0 amide bonds. The third-order valence-electron chi connectivity index (χ3n) is 4.12. The zero-order valence-corrected chi connectivity index (χ0v) is 14.7. The number of aromatic amines is 1. The molecular weight excluding hydrogens is 404 g/mol. The topological polar surface area (TPSA) is 71.0 Å². The van der Waals surface area contributed by atoms with E-state index >= 15 is 0 Å². The van der Waals surface area contributed by atoms with E-state index in [-0.39, 0.29) is 34.9 Å². The van der Waals surface area contributed by atoms with Crippen molar-refractivity contribution in [3.05, 3.63) is 59.2 Å². The van der Waals surface area contributed by atoms with Crippen molar-refractivity contribution in [2.75, 3.05) is 0 Å². The molecule has 0 atom stereocenters. The monoisotopic (exact) mass is 417 g/mol. The summed E-state index contributed by atoms with van der Waals surface area (Å²) in [6, 6.07) is 3.23. The number of hydrogen-bond acceptors (Lipinski definition) is 4. The molecule has 3 aromatic rings. The van der Waals surface area contributed by atoms with Crippen molar-refractivity contribution in [1.82, 2.24) is 15.0 Å². The fourth-order valence-electron chi connectivity index (χ4n) is 2.60. The summed E-state index contributed by atoms with van der Waals surface area (Å²) in [6.07, 6.45) is -6.30. The lowest BCUT2D eigenvalue weighted by Gasteiger charge is -2.13. The smallest absolute Gasteiger partial charge is 0.433 e. The lowest BCUT2D eigenvalue weighted by atomic mass is 10.1. The van der Waals surface area contributed by atoms with E-state index < -0.39 is 29.4 Å². The minimum atomic E-state index is -4.61. The summed E-state index contributed by atoms with van der Waals surface area (Å²) >= 11 is 0. The summed E-state index contributed by atoms with van der Waals surface area (Å²) in [5, 5.41) is 10.1. The van der Waals surface area contributed by atoms with Gasteiger partial charge in [-0.2, -0.15) is 26.3 Å². The van der Waals surface area contributed by atoms with E-state index in [2.05, 4.69) is 15.0 Å². The van der Waals surface area contributed by atoms with E-state index in [1.165, 1.54) is 13.0 Å². The Morgan fingerprint density at radius 1 is 1.07 bits per heavy atom. The number of nitrogens with zero attached hydrogens (tertiary/aromatic N) is 2. The van der Waals surface area contributed by atoms with Crippen molar-refractivity contribution in [1.29, 1.82) is 0 Å². The molecule has 3 aromatic heterocycles. The van der Waals surface area contributed by atoms with Gasteiger partial charge in [-0.1, -0.05) is 0 Å². The lowest BCUT2D eigenvalue weighted by molar-refractivity contribution is -0.141. The van der Waals surface area contributed by atoms with E-state index in [1.807, 2.05) is 0 Å². The highest BCUT2D eigenvalue weighted by Gasteiger charge is 2.35. The van der Waals surface area contributed by atoms with Crippen molar-refractivity contribution in [3.63, 3.8) is 0 Å². The molecule has 0 bridgehead atoms. The first-order chi connectivity index (χ1) is 13.5. The quantitative estimate of drug-likeness (QED) is 0.580. The second-order valence-corrected chi connectivity index (χ2v) is 6.07. The van der Waals surface area contributed by atoms with Crippen LogP contribution in [0.25, 0.3) is 11.3 Å². The van der Waals surface area contributed by atoms with Crippen LogP contribution in [0.5, 0.6) is 11.6 Å². The van der Waals surface area contributed by atoms with E-state index in [9.17, 15) is 31.4 Å². The molecule has 0 aromatic carbocycles. The van der Waals surface area contributed by atoms with Gasteiger partial charge in [0.1, 0.15) is 18.1 Å². The standard InChI is InChI=1S/C18H13F6N3O2/c1-9-10(2-3-25-16(9)18(22,23)24)8-29-15-5-14(28)12(7-27-15)13-4-11(6-26-13)17(19,20)21/h2-7,26H,8H2,1H3,(H,27,28). The molecule has 3 rings (SSSR count). The molecule has 0 aliphatic heterocycles. The maximum absolute atomic E-state index is 12.9. The molecule has 0 radical (unpaired) electrons. The van der Waals surface area contributed by atoms with Crippen LogP contribution >= 0.6 is 0 Å². The largest absolute Gasteiger partial charge is 0.507 e. The van der Waals surface area contributed by atoms with Crippen LogP contribution in [-0.4, -0.2) is 20.1 Å². The van der Waals surface area contributed by atoms with Crippen LogP contribution < -0.4 is 4.74 Å². The average Bonchev–Trinajstić information content (AvgIpc) is 3.10. The molecule has 3 heterocycles. The second-order valence-electron chi connectivity index (χ2n) is 6.07. The van der Waals surface area contributed by atoms with Crippen LogP contribution in [0.1, 0.15) is 22.4 Å². The zero-order valence-electron chi connectivity index (χ0n) is 14.7. The molecule has 0 saturated heterocycles. The van der Waals surface area contributed by atoms with Gasteiger partial charge in [0.25, 0.3) is 0 Å². The summed E-state index contributed by atoms with van der Waals surface area (Å²) in [5.41, 5.74) is -1.83. The van der Waals surface area contributed by atoms with Gasteiger partial charge >= 0.3 is 12.4 Å². The average molecular weight is 417 g/mol. The maximum atomic E-state index is 12.9. The number of halogens is 6. The van der Waals surface area contributed by atoms with Gasteiger partial charge in [0.2, 0.25) is 5.88 Å². The first-order valence-electron chi connectivity index (χ1n) is 8.06. The van der Waals surface area contributed by atoms with Gasteiger partial charge < -0.3 is 14.8 Å². The third-order valence-corrected chi connectivity index (χ3v) is 4.12. The normalized spacial score (nSPS) is 12.2. The molecule has 0 spiro atoms. The second kappa shape index (κ2) is 7.30. The van der Waals surface area contributed by atoms with Crippen LogP contribution in [0.3, 0.4) is 0 Å². The maximum Gasteiger partial charge on any atom is 0.433 e. The summed E-state index contributed by atoms with van der Waals surface area (Å²) in [5.74, 6) is -0.522. The molecule has 0 aliphatic carbocycles. The molecular formula is C18H13F6N3O2. The van der Waals surface area contributed by atoms with Crippen molar-refractivity contribution < 1.29 is 36.2 Å². The summed E-state index contributed by atoms with van der Waals surface area (Å²) in [4.78, 5) is 9.61. The Balaban J connectivity index is 1.78. The van der Waals surface area contributed by atoms with Crippen LogP contribution in [-0.2, 0) is 19.0 Å². The minimum absolute atomic E-state index is 0.00586. The van der Waals surface area contributed by atoms with E-state index in [0.29, 0.717) is 0 Å². The van der Waals surface area contributed by atoms with Gasteiger partial charge in [0, 0.05) is 24.7 Å². The number of alkyl halides is 6. The molecule has 0 unspecified atom stereocenters. The number of pyridine rings is 2. The first-order valence-corrected chi connectivity index (χ1v) is 8.06. The number of aromatic nitrogens is 3. The van der Waals surface area contributed by atoms with Gasteiger partial charge in [-0.25, -0.2) is 4.98 Å². The summed E-state index contributed by atoms with van der Waals surface area (Å²) < 4.78 is 82.1. The first kappa shape index (κ1) is 20.5. The Morgan fingerprint density at radius 2 is 1.79 bits per heavy atom. The molecule has 2 N–H and O–H groups in total. The molecule has 29 heavy (non-hydrogen) atoms. The van der Waals surface area contributed by atoms with Crippen molar-refractivity contribution in [2.45, 2.75) is 25.9 Å². The Bertz CT molecular complexity index is 1030. The van der Waals surface area contributed by atoms with Crippen molar-refractivity contribution in [3.8, 4) is 22.9 Å². The van der Waals surface area contributed by atoms with Crippen LogP contribution in [0.2, 0.25) is 0 Å². The third kappa shape index (κ3) is 4.44. The number of hydrogen-bond donors (Lipinski definition) is 2. The Kier molecular flexibility index (Phi) is 5.16. The van der Waals surface area contributed by atoms with Gasteiger partial charge in [0.05, 0.1) is 16.8 Å². The van der Waals surface area contributed by atoms with Crippen LogP contribution in [0, 0.1) is 6.92 Å². The number of H-pyrrole nitrogens is 1. The molecule has 0 fully saturated rings. The van der Waals surface area contributed by atoms with Gasteiger partial charge in [-0.15, -0.1) is 0 Å². The van der Waals surface area contributed by atoms with Crippen molar-refractivity contribution in [2.24, 2.45) is 0 Å². The van der Waals surface area contributed by atoms with E-state index in [1.54, 1.807) is 0 Å². The van der Waals surface area contributed by atoms with Crippen LogP contribution in [0.15, 0.2) is 36.8 Å². The van der Waals surface area contributed by atoms with E-state index in [4.69, 9.17) is 4.74 Å². The van der Waals surface area contributed by atoms with Crippen LogP contribution in [0.4, 0.5) is 26.3 Å². The number of aromatic hydroxyl groups is 1. The van der Waals surface area contributed by atoms with E-state index in [0.717, 1.165) is 30.7 Å². The Hall–Kier alpha value is -3.24. The summed E-state index contributed by atoms with van der Waals surface area (Å²) in [7, 11) is 0. The fraction of sp³-hybridized carbons (Fsp3) is 0.222. The predicted molar refractivity (Wildman–Crippen MR) is 89.0 cm³/mol. The molecule has 0 saturated carbocycles. The minimum Gasteiger partial charge on any atom is -0.507 e. The van der Waals surface area contributed by atoms with Gasteiger partial charge in [-0.3, -0.25) is 4.98 Å². The molecule has 154 valence electrons. The highest BCUT2D eigenvalue weighted by atomic mass is 19.4. The Labute approximate surface area is 160 Å². The lowest BCUT2D eigenvalue weighted by Crippen LogP contribution is -2.12. The van der Waals surface area contributed by atoms with Gasteiger partial charge in [-0.05, 0) is 30.2 Å². The Morgan fingerprint density at radius 3 is 2.38 bits per heavy atom. The molecule has 11 heteroatoms. The number of ether oxygens (including phenoxy) is 1. The predicted octanol–water partition coefficient (Wildman–Crippen LogP) is 5.10.